The molecule has 7 heteroatoms. The van der Waals surface area contributed by atoms with E-state index in [1.54, 1.807) is 0 Å². The van der Waals surface area contributed by atoms with E-state index in [4.69, 9.17) is 21.9 Å². The fourth-order valence-electron chi connectivity index (χ4n) is 3.72. The molecule has 1 aliphatic heterocycles. The lowest BCUT2D eigenvalue weighted by atomic mass is 10.0. The molecule has 1 aromatic heterocycles. The zero-order chi connectivity index (χ0) is 22.3. The number of para-hydroxylation sites is 1. The maximum absolute atomic E-state index is 6.02. The second-order valence-corrected chi connectivity index (χ2v) is 8.70. The number of anilines is 2. The van der Waals surface area contributed by atoms with E-state index < -0.39 is 0 Å². The van der Waals surface area contributed by atoms with Gasteiger partial charge in [0.15, 0.2) is 5.11 Å². The topological polar surface area (TPSA) is 62.3 Å². The molecule has 0 unspecified atom stereocenters. The van der Waals surface area contributed by atoms with Crippen LogP contribution >= 0.6 is 12.2 Å². The van der Waals surface area contributed by atoms with Gasteiger partial charge in [0.1, 0.15) is 11.6 Å². The molecular weight excluding hydrogens is 418 g/mol. The van der Waals surface area contributed by atoms with Crippen molar-refractivity contribution in [2.45, 2.75) is 33.2 Å². The normalized spacial score (nSPS) is 15.8. The lowest BCUT2D eigenvalue weighted by molar-refractivity contribution is 0.440. The fraction of sp³-hybridized carbons (Fsp3) is 0.320. The van der Waals surface area contributed by atoms with Crippen LogP contribution in [0, 0.1) is 12.8 Å². The summed E-state index contributed by atoms with van der Waals surface area (Å²) in [4.78, 5) is 11.6. The highest BCUT2D eigenvalue weighted by Crippen LogP contribution is 2.27. The Balaban J connectivity index is 1.50. The Morgan fingerprint density at radius 2 is 1.91 bits per heavy atom. The van der Waals surface area contributed by atoms with Crippen molar-refractivity contribution in [3.8, 4) is 11.6 Å². The summed E-state index contributed by atoms with van der Waals surface area (Å²) in [6.07, 6.45) is 2.40. The predicted molar refractivity (Wildman–Crippen MR) is 133 cm³/mol. The number of rotatable bonds is 6. The van der Waals surface area contributed by atoms with Gasteiger partial charge < -0.3 is 20.3 Å². The highest BCUT2D eigenvalue weighted by atomic mass is 32.1. The molecule has 1 aliphatic rings. The van der Waals surface area contributed by atoms with Gasteiger partial charge in [-0.15, -0.1) is 0 Å². The van der Waals surface area contributed by atoms with Gasteiger partial charge in [-0.1, -0.05) is 55.0 Å². The summed E-state index contributed by atoms with van der Waals surface area (Å²) in [6.45, 7) is 6.92. The van der Waals surface area contributed by atoms with Crippen molar-refractivity contribution in [3.05, 3.63) is 71.8 Å². The zero-order valence-corrected chi connectivity index (χ0v) is 19.4. The maximum Gasteiger partial charge on any atom is 0.234 e. The lowest BCUT2D eigenvalue weighted by Crippen LogP contribution is -2.35. The molecule has 0 spiro atoms. The summed E-state index contributed by atoms with van der Waals surface area (Å²) < 4.78 is 6.02. The number of piperidine rings is 1. The molecule has 166 valence electrons. The van der Waals surface area contributed by atoms with Crippen molar-refractivity contribution >= 4 is 29.1 Å². The summed E-state index contributed by atoms with van der Waals surface area (Å²) in [5, 5.41) is 6.83. The van der Waals surface area contributed by atoms with Crippen molar-refractivity contribution in [3.63, 3.8) is 0 Å². The highest BCUT2D eigenvalue weighted by Gasteiger charge is 2.20. The molecule has 32 heavy (non-hydrogen) atoms. The Morgan fingerprint density at radius 3 is 2.66 bits per heavy atom. The van der Waals surface area contributed by atoms with E-state index in [2.05, 4.69) is 58.6 Å². The monoisotopic (exact) mass is 447 g/mol. The van der Waals surface area contributed by atoms with Crippen molar-refractivity contribution in [2.75, 3.05) is 23.3 Å². The zero-order valence-electron chi connectivity index (χ0n) is 18.5. The van der Waals surface area contributed by atoms with Crippen LogP contribution in [0.15, 0.2) is 60.7 Å². The number of thiocarbonyl (C=S) groups is 1. The average Bonchev–Trinajstić information content (AvgIpc) is 2.79. The van der Waals surface area contributed by atoms with Crippen LogP contribution in [0.4, 0.5) is 11.8 Å². The SMILES string of the molecule is Cc1ccc(CNC(=S)Nc2nc(Oc3ccccc3)cc(N3CCC[C@H](C)C3)n2)cc1. The first-order chi connectivity index (χ1) is 15.5. The van der Waals surface area contributed by atoms with Crippen molar-refractivity contribution in [1.29, 1.82) is 0 Å². The number of nitrogens with one attached hydrogen (secondary N) is 2. The molecule has 0 aliphatic carbocycles. The van der Waals surface area contributed by atoms with Crippen LogP contribution < -0.4 is 20.3 Å². The minimum Gasteiger partial charge on any atom is -0.439 e. The van der Waals surface area contributed by atoms with Crippen LogP contribution in [0.5, 0.6) is 11.6 Å². The van der Waals surface area contributed by atoms with Gasteiger partial charge in [-0.3, -0.25) is 0 Å². The van der Waals surface area contributed by atoms with Crippen molar-refractivity contribution in [1.82, 2.24) is 15.3 Å². The van der Waals surface area contributed by atoms with Crippen LogP contribution in [-0.4, -0.2) is 28.2 Å². The number of nitrogens with zero attached hydrogens (tertiary/aromatic N) is 3. The van der Waals surface area contributed by atoms with Crippen LogP contribution in [0.1, 0.15) is 30.9 Å². The molecule has 0 radical (unpaired) electrons. The fourth-order valence-corrected chi connectivity index (χ4v) is 3.89. The minimum absolute atomic E-state index is 0.424. The first kappa shape index (κ1) is 22.0. The molecule has 1 fully saturated rings. The molecule has 6 nitrogen and oxygen atoms in total. The smallest absolute Gasteiger partial charge is 0.234 e. The number of aryl methyl sites for hydroxylation is 1. The van der Waals surface area contributed by atoms with Crippen molar-refractivity contribution < 1.29 is 4.74 Å². The Kier molecular flexibility index (Phi) is 7.17. The third kappa shape index (κ3) is 6.17. The molecule has 1 atom stereocenters. The molecule has 0 amide bonds. The van der Waals surface area contributed by atoms with Gasteiger partial charge >= 0.3 is 0 Å². The Hall–Kier alpha value is -3.19. The van der Waals surface area contributed by atoms with E-state index in [1.165, 1.54) is 12.0 Å². The minimum atomic E-state index is 0.424. The second-order valence-electron chi connectivity index (χ2n) is 8.29. The van der Waals surface area contributed by atoms with Gasteiger partial charge in [-0.25, -0.2) is 0 Å². The van der Waals surface area contributed by atoms with Gasteiger partial charge in [0, 0.05) is 25.7 Å². The highest BCUT2D eigenvalue weighted by molar-refractivity contribution is 7.80. The molecule has 2 heterocycles. The van der Waals surface area contributed by atoms with Crippen LogP contribution in [0.25, 0.3) is 0 Å². The first-order valence-corrected chi connectivity index (χ1v) is 11.4. The molecule has 0 saturated carbocycles. The van der Waals surface area contributed by atoms with E-state index >= 15 is 0 Å². The Labute approximate surface area is 195 Å². The third-order valence-corrected chi connectivity index (χ3v) is 5.68. The summed E-state index contributed by atoms with van der Waals surface area (Å²) in [6, 6.07) is 19.9. The van der Waals surface area contributed by atoms with Gasteiger partial charge in [-0.05, 0) is 55.6 Å². The Bertz CT molecular complexity index is 1040. The maximum atomic E-state index is 6.02. The van der Waals surface area contributed by atoms with Gasteiger partial charge in [0.2, 0.25) is 11.8 Å². The number of hydrogen-bond donors (Lipinski definition) is 2. The van der Waals surface area contributed by atoms with Gasteiger partial charge in [-0.2, -0.15) is 9.97 Å². The first-order valence-electron chi connectivity index (χ1n) is 11.0. The average molecular weight is 448 g/mol. The van der Waals surface area contributed by atoms with E-state index in [0.717, 1.165) is 36.6 Å². The summed E-state index contributed by atoms with van der Waals surface area (Å²) in [5.41, 5.74) is 2.39. The van der Waals surface area contributed by atoms with E-state index in [1.807, 2.05) is 36.4 Å². The van der Waals surface area contributed by atoms with E-state index in [-0.39, 0.29) is 0 Å². The molecule has 2 aromatic carbocycles. The van der Waals surface area contributed by atoms with Gasteiger partial charge in [0.25, 0.3) is 0 Å². The van der Waals surface area contributed by atoms with Crippen molar-refractivity contribution in [2.24, 2.45) is 5.92 Å². The summed E-state index contributed by atoms with van der Waals surface area (Å²) in [5.74, 6) is 3.12. The number of aromatic nitrogens is 2. The largest absolute Gasteiger partial charge is 0.439 e. The lowest BCUT2D eigenvalue weighted by Gasteiger charge is -2.32. The molecule has 0 bridgehead atoms. The molecule has 2 N–H and O–H groups in total. The predicted octanol–water partition coefficient (Wildman–Crippen LogP) is 5.30. The van der Waals surface area contributed by atoms with Crippen LogP contribution in [-0.2, 0) is 6.54 Å². The van der Waals surface area contributed by atoms with E-state index in [9.17, 15) is 0 Å². The molecular formula is C25H29N5OS. The standard InChI is InChI=1S/C25H29N5OS/c1-18-10-12-20(13-11-18)16-26-25(32)29-24-27-22(30-14-6-7-19(2)17-30)15-23(28-24)31-21-8-4-3-5-9-21/h3-5,8-13,15,19H,6-7,14,16-17H2,1-2H3,(H2,26,27,28,29,32)/t19-/m0/s1. The van der Waals surface area contributed by atoms with Crippen LogP contribution in [0.2, 0.25) is 0 Å². The number of hydrogen-bond acceptors (Lipinski definition) is 5. The van der Waals surface area contributed by atoms with Crippen LogP contribution in [0.3, 0.4) is 0 Å². The number of ether oxygens (including phenoxy) is 1. The summed E-state index contributed by atoms with van der Waals surface area (Å²) >= 11 is 5.50. The third-order valence-electron chi connectivity index (χ3n) is 5.43. The van der Waals surface area contributed by atoms with E-state index in [0.29, 0.717) is 29.4 Å². The quantitative estimate of drug-likeness (QED) is 0.497. The number of benzene rings is 2. The summed E-state index contributed by atoms with van der Waals surface area (Å²) in [7, 11) is 0. The molecule has 1 saturated heterocycles. The Morgan fingerprint density at radius 1 is 1.12 bits per heavy atom. The molecule has 3 aromatic rings. The molecule has 4 rings (SSSR count). The second kappa shape index (κ2) is 10.4. The van der Waals surface area contributed by atoms with Gasteiger partial charge in [0.05, 0.1) is 0 Å².